The van der Waals surface area contributed by atoms with Gasteiger partial charge in [-0.25, -0.2) is 4.79 Å². The van der Waals surface area contributed by atoms with Crippen LogP contribution < -0.4 is 5.76 Å². The summed E-state index contributed by atoms with van der Waals surface area (Å²) in [5.74, 6) is 0.555. The maximum atomic E-state index is 12.1. The van der Waals surface area contributed by atoms with Crippen LogP contribution in [0.25, 0.3) is 11.5 Å². The minimum atomic E-state index is -0.392. The number of aromatic nitrogens is 2. The molecule has 122 valence electrons. The van der Waals surface area contributed by atoms with Crippen molar-refractivity contribution < 1.29 is 9.15 Å². The first-order valence-corrected chi connectivity index (χ1v) is 8.25. The van der Waals surface area contributed by atoms with E-state index in [1.807, 2.05) is 30.3 Å². The fraction of sp³-hybridized carbons (Fsp3) is 0.529. The van der Waals surface area contributed by atoms with Crippen LogP contribution >= 0.6 is 0 Å². The monoisotopic (exact) mass is 315 g/mol. The van der Waals surface area contributed by atoms with E-state index in [4.69, 9.17) is 9.15 Å². The lowest BCUT2D eigenvalue weighted by Gasteiger charge is -2.23. The highest BCUT2D eigenvalue weighted by molar-refractivity contribution is 5.51. The number of ether oxygens (including phenoxy) is 1. The highest BCUT2D eigenvalue weighted by Gasteiger charge is 2.32. The van der Waals surface area contributed by atoms with E-state index in [0.29, 0.717) is 24.5 Å². The predicted molar refractivity (Wildman–Crippen MR) is 84.9 cm³/mol. The molecule has 1 aliphatic carbocycles. The Hall–Kier alpha value is -1.92. The molecule has 4 rings (SSSR count). The van der Waals surface area contributed by atoms with Crippen molar-refractivity contribution in [2.24, 2.45) is 5.92 Å². The second kappa shape index (κ2) is 6.29. The zero-order chi connectivity index (χ0) is 15.6. The molecule has 1 aliphatic heterocycles. The first-order valence-electron chi connectivity index (χ1n) is 8.25. The molecule has 6 nitrogen and oxygen atoms in total. The Balaban J connectivity index is 1.50. The van der Waals surface area contributed by atoms with Crippen molar-refractivity contribution in [3.63, 3.8) is 0 Å². The largest absolute Gasteiger partial charge is 0.438 e. The quantitative estimate of drug-likeness (QED) is 0.815. The van der Waals surface area contributed by atoms with Crippen LogP contribution in [-0.4, -0.2) is 40.5 Å². The lowest BCUT2D eigenvalue weighted by molar-refractivity contribution is 0.139. The lowest BCUT2D eigenvalue weighted by atomic mass is 10.1. The second-order valence-corrected chi connectivity index (χ2v) is 6.41. The van der Waals surface area contributed by atoms with Gasteiger partial charge in [0.2, 0.25) is 5.89 Å². The third kappa shape index (κ3) is 3.38. The Labute approximate surface area is 134 Å². The van der Waals surface area contributed by atoms with Crippen LogP contribution in [0.15, 0.2) is 39.5 Å². The van der Waals surface area contributed by atoms with Gasteiger partial charge in [-0.05, 0) is 37.3 Å². The molecule has 0 radical (unpaired) electrons. The molecule has 2 fully saturated rings. The summed E-state index contributed by atoms with van der Waals surface area (Å²) < 4.78 is 12.2. The average molecular weight is 315 g/mol. The van der Waals surface area contributed by atoms with E-state index < -0.39 is 5.76 Å². The molecule has 1 saturated carbocycles. The molecule has 6 heteroatoms. The minimum absolute atomic E-state index is 0.385. The van der Waals surface area contributed by atoms with E-state index in [1.54, 1.807) is 0 Å². The summed E-state index contributed by atoms with van der Waals surface area (Å²) in [6.07, 6.45) is 3.50. The molecule has 0 spiro atoms. The van der Waals surface area contributed by atoms with Crippen molar-refractivity contribution in [3.05, 3.63) is 40.9 Å². The number of benzene rings is 1. The third-order valence-electron chi connectivity index (χ3n) is 4.52. The molecule has 1 atom stereocenters. The van der Waals surface area contributed by atoms with E-state index in [0.717, 1.165) is 31.7 Å². The lowest BCUT2D eigenvalue weighted by Crippen LogP contribution is -2.36. The molecule has 23 heavy (non-hydrogen) atoms. The predicted octanol–water partition coefficient (Wildman–Crippen LogP) is 1.96. The molecule has 2 aliphatic rings. The summed E-state index contributed by atoms with van der Waals surface area (Å²) in [6, 6.07) is 10.1. The average Bonchev–Trinajstić information content (AvgIpc) is 3.18. The van der Waals surface area contributed by atoms with Gasteiger partial charge in [0.05, 0.1) is 6.61 Å². The Kier molecular flexibility index (Phi) is 4.01. The van der Waals surface area contributed by atoms with Crippen molar-refractivity contribution >= 4 is 0 Å². The van der Waals surface area contributed by atoms with Gasteiger partial charge >= 0.3 is 5.76 Å². The summed E-state index contributed by atoms with van der Waals surface area (Å²) >= 11 is 0. The van der Waals surface area contributed by atoms with Crippen LogP contribution in [0.1, 0.15) is 19.3 Å². The first-order chi connectivity index (χ1) is 11.3. The number of hydrogen-bond acceptors (Lipinski definition) is 5. The maximum Gasteiger partial charge on any atom is 0.438 e. The van der Waals surface area contributed by atoms with Gasteiger partial charge < -0.3 is 9.15 Å². The van der Waals surface area contributed by atoms with Gasteiger partial charge in [0.15, 0.2) is 0 Å². The van der Waals surface area contributed by atoms with Crippen LogP contribution in [-0.2, 0) is 11.4 Å². The smallest absolute Gasteiger partial charge is 0.388 e. The molecule has 0 N–H and O–H groups in total. The van der Waals surface area contributed by atoms with Gasteiger partial charge in [-0.15, -0.1) is 5.10 Å². The number of rotatable bonds is 6. The Morgan fingerprint density at radius 1 is 1.22 bits per heavy atom. The molecule has 0 amide bonds. The van der Waals surface area contributed by atoms with Crippen LogP contribution in [0.4, 0.5) is 0 Å². The summed E-state index contributed by atoms with van der Waals surface area (Å²) in [4.78, 5) is 14.5. The van der Waals surface area contributed by atoms with Crippen LogP contribution in [0, 0.1) is 5.92 Å². The molecule has 1 aromatic carbocycles. The zero-order valence-electron chi connectivity index (χ0n) is 13.1. The Morgan fingerprint density at radius 3 is 2.74 bits per heavy atom. The highest BCUT2D eigenvalue weighted by Crippen LogP contribution is 2.29. The molecule has 0 bridgehead atoms. The van der Waals surface area contributed by atoms with E-state index in [9.17, 15) is 4.79 Å². The second-order valence-electron chi connectivity index (χ2n) is 6.41. The van der Waals surface area contributed by atoms with Crippen LogP contribution in [0.3, 0.4) is 0 Å². The summed E-state index contributed by atoms with van der Waals surface area (Å²) in [7, 11) is 0. The fourth-order valence-corrected chi connectivity index (χ4v) is 3.09. The zero-order valence-corrected chi connectivity index (χ0v) is 13.1. The molecule has 2 heterocycles. The van der Waals surface area contributed by atoms with Crippen LogP contribution in [0.2, 0.25) is 0 Å². The standard InChI is InChI=1S/C17H21N3O3/c21-17-20(18-16(23-17)14-4-2-1-3-5-14)12-19(15-6-7-15)10-13-8-9-22-11-13/h1-5,13,15H,6-12H2/t13-/m1/s1. The van der Waals surface area contributed by atoms with Gasteiger partial charge in [-0.3, -0.25) is 4.90 Å². The summed E-state index contributed by atoms with van der Waals surface area (Å²) in [5, 5.41) is 4.37. The van der Waals surface area contributed by atoms with Crippen molar-refractivity contribution in [1.29, 1.82) is 0 Å². The Morgan fingerprint density at radius 2 is 2.04 bits per heavy atom. The molecular formula is C17H21N3O3. The van der Waals surface area contributed by atoms with Gasteiger partial charge in [0, 0.05) is 24.8 Å². The SMILES string of the molecule is O=c1oc(-c2ccccc2)nn1CN(C[C@H]1CCOC1)C1CC1. The number of hydrogen-bond donors (Lipinski definition) is 0. The van der Waals surface area contributed by atoms with Crippen molar-refractivity contribution in [1.82, 2.24) is 14.7 Å². The van der Waals surface area contributed by atoms with Crippen molar-refractivity contribution in [2.75, 3.05) is 19.8 Å². The molecular weight excluding hydrogens is 294 g/mol. The van der Waals surface area contributed by atoms with Gasteiger partial charge in [-0.1, -0.05) is 18.2 Å². The summed E-state index contributed by atoms with van der Waals surface area (Å²) in [6.45, 7) is 3.14. The van der Waals surface area contributed by atoms with Crippen LogP contribution in [0.5, 0.6) is 0 Å². The topological polar surface area (TPSA) is 60.5 Å². The van der Waals surface area contributed by atoms with E-state index in [1.165, 1.54) is 17.5 Å². The molecule has 2 aromatic rings. The first kappa shape index (κ1) is 14.7. The van der Waals surface area contributed by atoms with E-state index >= 15 is 0 Å². The fourth-order valence-electron chi connectivity index (χ4n) is 3.09. The highest BCUT2D eigenvalue weighted by atomic mass is 16.5. The molecule has 1 saturated heterocycles. The third-order valence-corrected chi connectivity index (χ3v) is 4.52. The van der Waals surface area contributed by atoms with E-state index in [2.05, 4.69) is 10.00 Å². The molecule has 1 aromatic heterocycles. The minimum Gasteiger partial charge on any atom is -0.388 e. The summed E-state index contributed by atoms with van der Waals surface area (Å²) in [5.41, 5.74) is 0.825. The Bertz CT molecular complexity index is 699. The van der Waals surface area contributed by atoms with Gasteiger partial charge in [0.25, 0.3) is 0 Å². The number of nitrogens with zero attached hydrogens (tertiary/aromatic N) is 3. The normalized spacial score (nSPS) is 21.2. The molecule has 0 unspecified atom stereocenters. The van der Waals surface area contributed by atoms with Gasteiger partial charge in [-0.2, -0.15) is 4.68 Å². The van der Waals surface area contributed by atoms with E-state index in [-0.39, 0.29) is 0 Å². The van der Waals surface area contributed by atoms with Crippen molar-refractivity contribution in [2.45, 2.75) is 32.0 Å². The maximum absolute atomic E-state index is 12.1. The van der Waals surface area contributed by atoms with Gasteiger partial charge in [0.1, 0.15) is 6.67 Å². The van der Waals surface area contributed by atoms with Crippen molar-refractivity contribution in [3.8, 4) is 11.5 Å².